The van der Waals surface area contributed by atoms with Gasteiger partial charge in [-0.3, -0.25) is 0 Å². The van der Waals surface area contributed by atoms with Gasteiger partial charge in [-0.15, -0.1) is 0 Å². The molecule has 0 spiro atoms. The first-order valence-electron chi connectivity index (χ1n) is 4.61. The maximum absolute atomic E-state index is 12.7. The van der Waals surface area contributed by atoms with E-state index in [9.17, 15) is 13.2 Å². The van der Waals surface area contributed by atoms with Crippen molar-refractivity contribution in [2.45, 2.75) is 6.18 Å². The number of halogens is 3. The van der Waals surface area contributed by atoms with Gasteiger partial charge in [-0.1, -0.05) is 18.2 Å². The van der Waals surface area contributed by atoms with Crippen LogP contribution < -0.4 is 10.5 Å². The first kappa shape index (κ1) is 12.6. The van der Waals surface area contributed by atoms with Crippen LogP contribution in [-0.4, -0.2) is 19.8 Å². The Morgan fingerprint density at radius 2 is 2.12 bits per heavy atom. The Morgan fingerprint density at radius 1 is 1.44 bits per heavy atom. The summed E-state index contributed by atoms with van der Waals surface area (Å²) in [5, 5.41) is 0. The van der Waals surface area contributed by atoms with E-state index in [1.807, 2.05) is 0 Å². The van der Waals surface area contributed by atoms with Gasteiger partial charge in [-0.2, -0.15) is 13.2 Å². The van der Waals surface area contributed by atoms with Crippen LogP contribution in [0.1, 0.15) is 5.56 Å². The third kappa shape index (κ3) is 3.00. The molecule has 1 aromatic rings. The molecule has 0 atom stereocenters. The molecule has 5 heteroatoms. The summed E-state index contributed by atoms with van der Waals surface area (Å²) >= 11 is 0. The minimum atomic E-state index is -4.41. The van der Waals surface area contributed by atoms with Gasteiger partial charge >= 0.3 is 6.18 Å². The molecule has 0 aliphatic rings. The Balaban J connectivity index is 3.17. The van der Waals surface area contributed by atoms with Gasteiger partial charge in [-0.25, -0.2) is 0 Å². The summed E-state index contributed by atoms with van der Waals surface area (Å²) in [5.74, 6) is 0.379. The highest BCUT2D eigenvalue weighted by molar-refractivity contribution is 5.70. The quantitative estimate of drug-likeness (QED) is 0.867. The van der Waals surface area contributed by atoms with Crippen LogP contribution in [0.15, 0.2) is 30.3 Å². The first-order chi connectivity index (χ1) is 7.49. The highest BCUT2D eigenvalue weighted by Gasteiger charge is 2.34. The van der Waals surface area contributed by atoms with Gasteiger partial charge in [0.15, 0.2) is 0 Å². The van der Waals surface area contributed by atoms with Crippen LogP contribution in [0.3, 0.4) is 0 Å². The highest BCUT2D eigenvalue weighted by Crippen LogP contribution is 2.34. The summed E-state index contributed by atoms with van der Waals surface area (Å²) in [7, 11) is 1.40. The molecule has 0 unspecified atom stereocenters. The van der Waals surface area contributed by atoms with E-state index >= 15 is 0 Å². The predicted molar refractivity (Wildman–Crippen MR) is 56.1 cm³/mol. The molecule has 0 fully saturated rings. The number of ether oxygens (including phenoxy) is 1. The Morgan fingerprint density at radius 3 is 2.62 bits per heavy atom. The van der Waals surface area contributed by atoms with E-state index in [4.69, 9.17) is 10.5 Å². The molecule has 1 aromatic carbocycles. The normalized spacial score (nSPS) is 12.7. The summed E-state index contributed by atoms with van der Waals surface area (Å²) in [6.07, 6.45) is -3.46. The molecule has 88 valence electrons. The summed E-state index contributed by atoms with van der Waals surface area (Å²) in [6.45, 7) is -0.161. The van der Waals surface area contributed by atoms with Crippen LogP contribution in [0.25, 0.3) is 5.57 Å². The Labute approximate surface area is 91.5 Å². The third-order valence-electron chi connectivity index (χ3n) is 2.01. The fourth-order valence-electron chi connectivity index (χ4n) is 1.31. The number of nitrogens with two attached hydrogens (primary N) is 1. The topological polar surface area (TPSA) is 35.2 Å². The van der Waals surface area contributed by atoms with Crippen LogP contribution in [0.4, 0.5) is 13.2 Å². The average Bonchev–Trinajstić information content (AvgIpc) is 2.24. The first-order valence-corrected chi connectivity index (χ1v) is 4.61. The van der Waals surface area contributed by atoms with Gasteiger partial charge in [0.25, 0.3) is 0 Å². The minimum Gasteiger partial charge on any atom is -0.497 e. The van der Waals surface area contributed by atoms with Crippen LogP contribution in [0, 0.1) is 0 Å². The molecular weight excluding hydrogens is 219 g/mol. The second-order valence-corrected chi connectivity index (χ2v) is 3.08. The van der Waals surface area contributed by atoms with Crippen molar-refractivity contribution < 1.29 is 17.9 Å². The molecule has 0 radical (unpaired) electrons. The molecule has 0 heterocycles. The smallest absolute Gasteiger partial charge is 0.416 e. The lowest BCUT2D eigenvalue weighted by Gasteiger charge is -2.12. The largest absolute Gasteiger partial charge is 0.497 e. The molecule has 1 rings (SSSR count). The Bertz CT molecular complexity index is 385. The highest BCUT2D eigenvalue weighted by atomic mass is 19.4. The van der Waals surface area contributed by atoms with Crippen molar-refractivity contribution in [1.29, 1.82) is 0 Å². The molecule has 0 saturated heterocycles. The number of rotatable bonds is 3. The monoisotopic (exact) mass is 231 g/mol. The molecule has 16 heavy (non-hydrogen) atoms. The molecule has 0 aromatic heterocycles. The van der Waals surface area contributed by atoms with Crippen molar-refractivity contribution >= 4 is 5.57 Å². The fraction of sp³-hybridized carbons (Fsp3) is 0.273. The zero-order chi connectivity index (χ0) is 12.2. The van der Waals surface area contributed by atoms with Gasteiger partial charge in [0.2, 0.25) is 0 Å². The number of benzene rings is 1. The van der Waals surface area contributed by atoms with Crippen molar-refractivity contribution in [1.82, 2.24) is 0 Å². The SMILES string of the molecule is COc1cccc(/C(=C\CN)C(F)(F)F)c1. The van der Waals surface area contributed by atoms with Gasteiger partial charge in [0, 0.05) is 6.54 Å². The van der Waals surface area contributed by atoms with Crippen molar-refractivity contribution in [2.24, 2.45) is 5.73 Å². The van der Waals surface area contributed by atoms with E-state index in [-0.39, 0.29) is 12.1 Å². The van der Waals surface area contributed by atoms with Crippen LogP contribution >= 0.6 is 0 Å². The molecule has 0 bridgehead atoms. The number of allylic oxidation sites excluding steroid dienone is 1. The number of methoxy groups -OCH3 is 1. The van der Waals surface area contributed by atoms with E-state index in [1.165, 1.54) is 25.3 Å². The summed E-state index contributed by atoms with van der Waals surface area (Å²) in [5.41, 5.74) is 4.44. The van der Waals surface area contributed by atoms with Crippen molar-refractivity contribution in [2.75, 3.05) is 13.7 Å². The molecule has 0 aliphatic carbocycles. The standard InChI is InChI=1S/C11H12F3NO/c1-16-9-4-2-3-8(7-9)10(5-6-15)11(12,13)14/h2-5,7H,6,15H2,1H3/b10-5+. The maximum Gasteiger partial charge on any atom is 0.416 e. The van der Waals surface area contributed by atoms with Gasteiger partial charge in [0.1, 0.15) is 5.75 Å². The summed E-state index contributed by atoms with van der Waals surface area (Å²) in [4.78, 5) is 0. The number of hydrogen-bond donors (Lipinski definition) is 1. The van der Waals surface area contributed by atoms with E-state index in [0.717, 1.165) is 6.08 Å². The zero-order valence-corrected chi connectivity index (χ0v) is 8.71. The van der Waals surface area contributed by atoms with Crippen LogP contribution in [0.2, 0.25) is 0 Å². The van der Waals surface area contributed by atoms with Gasteiger partial charge in [0.05, 0.1) is 12.7 Å². The molecule has 2 nitrogen and oxygen atoms in total. The lowest BCUT2D eigenvalue weighted by atomic mass is 10.0. The maximum atomic E-state index is 12.7. The van der Waals surface area contributed by atoms with Crippen molar-refractivity contribution in [3.8, 4) is 5.75 Å². The summed E-state index contributed by atoms with van der Waals surface area (Å²) in [6, 6.07) is 5.79. The van der Waals surface area contributed by atoms with E-state index < -0.39 is 11.7 Å². The second kappa shape index (κ2) is 5.03. The molecule has 0 saturated carbocycles. The van der Waals surface area contributed by atoms with E-state index in [2.05, 4.69) is 0 Å². The Hall–Kier alpha value is -1.49. The fourth-order valence-corrected chi connectivity index (χ4v) is 1.31. The lowest BCUT2D eigenvalue weighted by Crippen LogP contribution is -2.12. The molecule has 0 aliphatic heterocycles. The molecular formula is C11H12F3NO. The lowest BCUT2D eigenvalue weighted by molar-refractivity contribution is -0.0690. The number of hydrogen-bond acceptors (Lipinski definition) is 2. The average molecular weight is 231 g/mol. The molecule has 2 N–H and O–H groups in total. The van der Waals surface area contributed by atoms with Crippen LogP contribution in [0.5, 0.6) is 5.75 Å². The Kier molecular flexibility index (Phi) is 3.95. The second-order valence-electron chi connectivity index (χ2n) is 3.08. The zero-order valence-electron chi connectivity index (χ0n) is 8.71. The molecule has 0 amide bonds. The summed E-state index contributed by atoms with van der Waals surface area (Å²) < 4.78 is 42.9. The number of alkyl halides is 3. The minimum absolute atomic E-state index is 0.0531. The van der Waals surface area contributed by atoms with Gasteiger partial charge in [-0.05, 0) is 17.7 Å². The van der Waals surface area contributed by atoms with Crippen molar-refractivity contribution in [3.05, 3.63) is 35.9 Å². The predicted octanol–water partition coefficient (Wildman–Crippen LogP) is 2.60. The third-order valence-corrected chi connectivity index (χ3v) is 2.01. The van der Waals surface area contributed by atoms with Crippen LogP contribution in [-0.2, 0) is 0 Å². The van der Waals surface area contributed by atoms with E-state index in [0.29, 0.717) is 5.75 Å². The van der Waals surface area contributed by atoms with E-state index in [1.54, 1.807) is 6.07 Å². The van der Waals surface area contributed by atoms with Crippen molar-refractivity contribution in [3.63, 3.8) is 0 Å². The van der Waals surface area contributed by atoms with Gasteiger partial charge < -0.3 is 10.5 Å².